The summed E-state index contributed by atoms with van der Waals surface area (Å²) < 4.78 is 5.29. The molecular weight excluding hydrogens is 198 g/mol. The Morgan fingerprint density at radius 1 is 1.07 bits per heavy atom. The van der Waals surface area contributed by atoms with Crippen molar-refractivity contribution in [3.05, 3.63) is 0 Å². The molecule has 0 spiro atoms. The molecule has 0 saturated heterocycles. The summed E-state index contributed by atoms with van der Waals surface area (Å²) in [5.41, 5.74) is 0.577. The van der Waals surface area contributed by atoms with Gasteiger partial charge >= 0.3 is 0 Å². The van der Waals surface area contributed by atoms with E-state index >= 15 is 0 Å². The normalized spacial score (nSPS) is 18.4. The molecule has 4 nitrogen and oxygen atoms in total. The smallest absolute Gasteiger partial charge is 0.278 e. The van der Waals surface area contributed by atoms with Crippen LogP contribution in [0.4, 0.5) is 0 Å². The largest absolute Gasteiger partial charge is 0.456 e. The highest BCUT2D eigenvalue weighted by molar-refractivity contribution is 6.69. The summed E-state index contributed by atoms with van der Waals surface area (Å²) >= 11 is 0. The van der Waals surface area contributed by atoms with Crippen molar-refractivity contribution in [1.29, 1.82) is 0 Å². The van der Waals surface area contributed by atoms with Crippen molar-refractivity contribution >= 4 is 25.6 Å². The molecule has 0 bridgehead atoms. The van der Waals surface area contributed by atoms with Gasteiger partial charge in [-0.3, -0.25) is 9.59 Å². The summed E-state index contributed by atoms with van der Waals surface area (Å²) in [4.78, 5) is 22.1. The lowest BCUT2D eigenvalue weighted by Crippen LogP contribution is -2.26. The molecule has 0 aromatic rings. The lowest BCUT2D eigenvalue weighted by atomic mass is 9.96. The average Bonchev–Trinajstić information content (AvgIpc) is 1.97. The van der Waals surface area contributed by atoms with E-state index in [0.29, 0.717) is 5.71 Å². The zero-order valence-corrected chi connectivity index (χ0v) is 9.79. The van der Waals surface area contributed by atoms with Crippen LogP contribution >= 0.6 is 0 Å². The molecule has 0 aliphatic heterocycles. The second-order valence-electron chi connectivity index (χ2n) is 4.47. The van der Waals surface area contributed by atoms with Crippen LogP contribution in [0, 0.1) is 0 Å². The molecule has 0 aromatic carbocycles. The van der Waals surface area contributed by atoms with Gasteiger partial charge in [0.1, 0.15) is 11.6 Å². The summed E-state index contributed by atoms with van der Waals surface area (Å²) in [6.45, 7) is 6.01. The summed E-state index contributed by atoms with van der Waals surface area (Å²) in [5.74, 6) is -0.113. The predicted molar refractivity (Wildman–Crippen MR) is 55.7 cm³/mol. The van der Waals surface area contributed by atoms with Gasteiger partial charge in [0.25, 0.3) is 8.32 Å². The van der Waals surface area contributed by atoms with Crippen molar-refractivity contribution in [2.75, 3.05) is 0 Å². The van der Waals surface area contributed by atoms with Crippen molar-refractivity contribution in [3.8, 4) is 0 Å². The zero-order chi connectivity index (χ0) is 10.8. The molecule has 78 valence electrons. The molecule has 1 aliphatic rings. The zero-order valence-electron chi connectivity index (χ0n) is 8.79. The molecule has 0 aromatic heterocycles. The van der Waals surface area contributed by atoms with Crippen LogP contribution in [0.25, 0.3) is 0 Å². The van der Waals surface area contributed by atoms with E-state index in [1.54, 1.807) is 0 Å². The maximum atomic E-state index is 11.1. The fraction of sp³-hybridized carbons (Fsp3) is 0.667. The number of hydrogen-bond acceptors (Lipinski definition) is 4. The van der Waals surface area contributed by atoms with Crippen LogP contribution in [-0.2, 0) is 14.1 Å². The van der Waals surface area contributed by atoms with E-state index in [1.807, 2.05) is 19.6 Å². The van der Waals surface area contributed by atoms with Crippen LogP contribution in [0.1, 0.15) is 19.3 Å². The number of Topliss-reactive ketones (excluding diaryl/α,β-unsaturated/α-hetero) is 2. The molecule has 0 amide bonds. The van der Waals surface area contributed by atoms with Crippen molar-refractivity contribution < 1.29 is 14.1 Å². The third kappa shape index (κ3) is 3.82. The monoisotopic (exact) mass is 213 g/mol. The van der Waals surface area contributed by atoms with E-state index in [1.165, 1.54) is 0 Å². The van der Waals surface area contributed by atoms with Gasteiger partial charge in [-0.1, -0.05) is 0 Å². The highest BCUT2D eigenvalue weighted by Crippen LogP contribution is 2.11. The first kappa shape index (κ1) is 11.1. The van der Waals surface area contributed by atoms with Gasteiger partial charge in [-0.15, -0.1) is 5.16 Å². The Kier molecular flexibility index (Phi) is 3.20. The minimum atomic E-state index is -1.70. The Balaban J connectivity index is 2.59. The third-order valence-corrected chi connectivity index (χ3v) is 2.28. The fourth-order valence-electron chi connectivity index (χ4n) is 1.13. The van der Waals surface area contributed by atoms with Gasteiger partial charge in [0.05, 0.1) is 12.1 Å². The van der Waals surface area contributed by atoms with Gasteiger partial charge in [0, 0.05) is 12.8 Å². The quantitative estimate of drug-likeness (QED) is 0.397. The number of carbonyl (C=O) groups is 2. The summed E-state index contributed by atoms with van der Waals surface area (Å²) in [6, 6.07) is 0. The van der Waals surface area contributed by atoms with Crippen molar-refractivity contribution in [2.45, 2.75) is 38.9 Å². The number of nitrogens with zero attached hydrogens (tertiary/aromatic N) is 1. The minimum absolute atomic E-state index is 0.0563. The Hall–Kier alpha value is -0.973. The summed E-state index contributed by atoms with van der Waals surface area (Å²) in [6.07, 6.45) is 0.610. The van der Waals surface area contributed by atoms with Crippen molar-refractivity contribution in [1.82, 2.24) is 0 Å². The highest BCUT2D eigenvalue weighted by atomic mass is 28.4. The van der Waals surface area contributed by atoms with Gasteiger partial charge in [-0.05, 0) is 19.6 Å². The molecule has 0 heterocycles. The Morgan fingerprint density at radius 3 is 2.00 bits per heavy atom. The molecule has 0 N–H and O–H groups in total. The van der Waals surface area contributed by atoms with Crippen molar-refractivity contribution in [3.63, 3.8) is 0 Å². The molecule has 1 saturated carbocycles. The van der Waals surface area contributed by atoms with E-state index in [-0.39, 0.29) is 30.8 Å². The van der Waals surface area contributed by atoms with Gasteiger partial charge in [0.2, 0.25) is 0 Å². The lowest BCUT2D eigenvalue weighted by Gasteiger charge is -2.16. The third-order valence-electron chi connectivity index (χ3n) is 1.65. The predicted octanol–water partition coefficient (Wildman–Crippen LogP) is 1.52. The van der Waals surface area contributed by atoms with E-state index in [4.69, 9.17) is 4.53 Å². The molecule has 1 rings (SSSR count). The van der Waals surface area contributed by atoms with Gasteiger partial charge < -0.3 is 4.53 Å². The van der Waals surface area contributed by atoms with Crippen LogP contribution in [0.3, 0.4) is 0 Å². The summed E-state index contributed by atoms with van der Waals surface area (Å²) in [7, 11) is -1.70. The van der Waals surface area contributed by atoms with Gasteiger partial charge in [0.15, 0.2) is 0 Å². The molecule has 14 heavy (non-hydrogen) atoms. The standard InChI is InChI=1S/C9H15NO3Si/c1-14(2,3)13-10-7-4-8(11)6-9(12)5-7/h4-6H2,1-3H3. The first-order valence-corrected chi connectivity index (χ1v) is 8.05. The van der Waals surface area contributed by atoms with Crippen LogP contribution in [-0.4, -0.2) is 25.6 Å². The molecule has 0 atom stereocenters. The van der Waals surface area contributed by atoms with E-state index in [0.717, 1.165) is 0 Å². The SMILES string of the molecule is C[Si](C)(C)ON=C1CC(=O)CC(=O)C1. The second-order valence-corrected chi connectivity index (χ2v) is 8.88. The summed E-state index contributed by atoms with van der Waals surface area (Å²) in [5, 5.41) is 3.89. The van der Waals surface area contributed by atoms with Crippen LogP contribution in [0.15, 0.2) is 5.16 Å². The number of carbonyl (C=O) groups excluding carboxylic acids is 2. The molecular formula is C9H15NO3Si. The number of oxime groups is 1. The Morgan fingerprint density at radius 2 is 1.57 bits per heavy atom. The van der Waals surface area contributed by atoms with Crippen LogP contribution in [0.5, 0.6) is 0 Å². The number of rotatable bonds is 2. The molecule has 0 radical (unpaired) electrons. The highest BCUT2D eigenvalue weighted by Gasteiger charge is 2.23. The van der Waals surface area contributed by atoms with E-state index in [2.05, 4.69) is 5.16 Å². The maximum Gasteiger partial charge on any atom is 0.278 e. The number of ketones is 2. The molecule has 5 heteroatoms. The number of hydrogen-bond donors (Lipinski definition) is 0. The topological polar surface area (TPSA) is 55.7 Å². The fourth-order valence-corrected chi connectivity index (χ4v) is 1.53. The average molecular weight is 213 g/mol. The molecule has 1 fully saturated rings. The Bertz CT molecular complexity index is 273. The lowest BCUT2D eigenvalue weighted by molar-refractivity contribution is -0.126. The minimum Gasteiger partial charge on any atom is -0.456 e. The van der Waals surface area contributed by atoms with Gasteiger partial charge in [-0.2, -0.15) is 0 Å². The Labute approximate surface area is 84.4 Å². The van der Waals surface area contributed by atoms with E-state index in [9.17, 15) is 9.59 Å². The first-order chi connectivity index (χ1) is 6.37. The van der Waals surface area contributed by atoms with E-state index < -0.39 is 8.32 Å². The van der Waals surface area contributed by atoms with Crippen LogP contribution < -0.4 is 0 Å². The van der Waals surface area contributed by atoms with Crippen molar-refractivity contribution in [2.24, 2.45) is 5.16 Å². The first-order valence-electron chi connectivity index (χ1n) is 4.64. The van der Waals surface area contributed by atoms with Crippen LogP contribution in [0.2, 0.25) is 19.6 Å². The van der Waals surface area contributed by atoms with Gasteiger partial charge in [-0.25, -0.2) is 0 Å². The maximum absolute atomic E-state index is 11.1. The molecule has 0 unspecified atom stereocenters. The molecule has 1 aliphatic carbocycles. The second kappa shape index (κ2) is 4.04.